The van der Waals surface area contributed by atoms with Crippen molar-refractivity contribution in [2.45, 2.75) is 25.5 Å². The van der Waals surface area contributed by atoms with Gasteiger partial charge in [0.25, 0.3) is 0 Å². The van der Waals surface area contributed by atoms with Crippen molar-refractivity contribution in [1.82, 2.24) is 25.2 Å². The van der Waals surface area contributed by atoms with E-state index in [0.717, 1.165) is 43.3 Å². The van der Waals surface area contributed by atoms with E-state index >= 15 is 0 Å². The molecule has 0 aromatic carbocycles. The van der Waals surface area contributed by atoms with Crippen molar-refractivity contribution in [1.29, 1.82) is 0 Å². The van der Waals surface area contributed by atoms with Crippen LogP contribution in [0.4, 0.5) is 0 Å². The highest BCUT2D eigenvalue weighted by atomic mass is 127. The van der Waals surface area contributed by atoms with Gasteiger partial charge < -0.3 is 15.4 Å². The van der Waals surface area contributed by atoms with Crippen LogP contribution in [0.1, 0.15) is 18.4 Å². The van der Waals surface area contributed by atoms with Crippen LogP contribution in [0.15, 0.2) is 42.0 Å². The first-order valence-corrected chi connectivity index (χ1v) is 7.85. The van der Waals surface area contributed by atoms with Gasteiger partial charge in [-0.2, -0.15) is 0 Å². The van der Waals surface area contributed by atoms with Crippen molar-refractivity contribution in [3.8, 4) is 5.82 Å². The van der Waals surface area contributed by atoms with Gasteiger partial charge in [0.15, 0.2) is 5.96 Å². The molecule has 2 aromatic rings. The lowest BCUT2D eigenvalue weighted by atomic mass is 10.2. The lowest BCUT2D eigenvalue weighted by molar-refractivity contribution is 0.114. The van der Waals surface area contributed by atoms with Gasteiger partial charge in [0.1, 0.15) is 12.1 Å². The molecule has 0 spiro atoms. The Kier molecular flexibility index (Phi) is 7.44. The summed E-state index contributed by atoms with van der Waals surface area (Å²) in [5, 5.41) is 6.63. The number of imidazole rings is 1. The Labute approximate surface area is 159 Å². The van der Waals surface area contributed by atoms with Gasteiger partial charge in [-0.15, -0.1) is 24.0 Å². The van der Waals surface area contributed by atoms with Gasteiger partial charge >= 0.3 is 0 Å². The smallest absolute Gasteiger partial charge is 0.191 e. The topological polar surface area (TPSA) is 76.4 Å². The summed E-state index contributed by atoms with van der Waals surface area (Å²) in [6, 6.07) is 3.97. The second-order valence-corrected chi connectivity index (χ2v) is 5.40. The monoisotopic (exact) mass is 442 g/mol. The summed E-state index contributed by atoms with van der Waals surface area (Å²) in [4.78, 5) is 12.8. The summed E-state index contributed by atoms with van der Waals surface area (Å²) in [7, 11) is 1.77. The number of hydrogen-bond acceptors (Lipinski definition) is 4. The minimum Gasteiger partial charge on any atom is -0.376 e. The number of rotatable bonds is 5. The summed E-state index contributed by atoms with van der Waals surface area (Å²) >= 11 is 0. The summed E-state index contributed by atoms with van der Waals surface area (Å²) < 4.78 is 7.52. The molecule has 2 N–H and O–H groups in total. The number of nitrogens with zero attached hydrogens (tertiary/aromatic N) is 4. The van der Waals surface area contributed by atoms with Crippen molar-refractivity contribution >= 4 is 29.9 Å². The zero-order valence-electron chi connectivity index (χ0n) is 13.7. The Balaban J connectivity index is 0.00000208. The van der Waals surface area contributed by atoms with Crippen LogP contribution in [-0.2, 0) is 11.3 Å². The summed E-state index contributed by atoms with van der Waals surface area (Å²) in [5.41, 5.74) is 1.07. The molecule has 2 aromatic heterocycles. The first kappa shape index (κ1) is 18.7. The van der Waals surface area contributed by atoms with Gasteiger partial charge in [-0.25, -0.2) is 9.97 Å². The number of halogens is 1. The van der Waals surface area contributed by atoms with Crippen LogP contribution in [0.5, 0.6) is 0 Å². The molecular formula is C16H23IN6O. The highest BCUT2D eigenvalue weighted by Crippen LogP contribution is 2.11. The van der Waals surface area contributed by atoms with Gasteiger partial charge in [-0.3, -0.25) is 9.56 Å². The maximum atomic E-state index is 5.61. The SMILES string of the molecule is CN=C(NCc1cccnc1-n1ccnc1)NCC1CCCO1.I. The van der Waals surface area contributed by atoms with Gasteiger partial charge in [0.05, 0.1) is 6.10 Å². The predicted octanol–water partition coefficient (Wildman–Crippen LogP) is 1.73. The molecule has 0 aliphatic carbocycles. The Bertz CT molecular complexity index is 640. The van der Waals surface area contributed by atoms with Crippen LogP contribution in [0.2, 0.25) is 0 Å². The molecule has 1 fully saturated rings. The number of guanidine groups is 1. The Morgan fingerprint density at radius 2 is 2.33 bits per heavy atom. The number of nitrogens with one attached hydrogen (secondary N) is 2. The standard InChI is InChI=1S/C16H22N6O.HI/c1-17-16(21-11-14-5-3-9-23-14)20-10-13-4-2-6-19-15(13)22-8-7-18-12-22;/h2,4,6-8,12,14H,3,5,9-11H2,1H3,(H2,17,20,21);1H. The zero-order valence-corrected chi connectivity index (χ0v) is 16.0. The molecule has 0 saturated carbocycles. The third kappa shape index (κ3) is 4.91. The lowest BCUT2D eigenvalue weighted by Gasteiger charge is -2.16. The molecule has 0 radical (unpaired) electrons. The van der Waals surface area contributed by atoms with E-state index in [-0.39, 0.29) is 30.1 Å². The average molecular weight is 442 g/mol. The third-order valence-electron chi connectivity index (χ3n) is 3.81. The normalized spacial score (nSPS) is 17.4. The lowest BCUT2D eigenvalue weighted by Crippen LogP contribution is -2.40. The summed E-state index contributed by atoms with van der Waals surface area (Å²) in [6.45, 7) is 2.27. The summed E-state index contributed by atoms with van der Waals surface area (Å²) in [5.74, 6) is 1.63. The van der Waals surface area contributed by atoms with E-state index in [1.165, 1.54) is 0 Å². The van der Waals surface area contributed by atoms with Crippen LogP contribution in [0.25, 0.3) is 5.82 Å². The van der Waals surface area contributed by atoms with Gasteiger partial charge in [0.2, 0.25) is 0 Å². The Hall–Kier alpha value is -1.68. The van der Waals surface area contributed by atoms with E-state index in [2.05, 4.69) is 25.6 Å². The second kappa shape index (κ2) is 9.58. The molecule has 24 heavy (non-hydrogen) atoms. The minimum atomic E-state index is 0. The number of aliphatic imine (C=N–C) groups is 1. The molecule has 1 unspecified atom stereocenters. The largest absolute Gasteiger partial charge is 0.376 e. The highest BCUT2D eigenvalue weighted by molar-refractivity contribution is 14.0. The Morgan fingerprint density at radius 3 is 3.04 bits per heavy atom. The van der Waals surface area contributed by atoms with E-state index < -0.39 is 0 Å². The van der Waals surface area contributed by atoms with Crippen LogP contribution >= 0.6 is 24.0 Å². The van der Waals surface area contributed by atoms with Crippen molar-refractivity contribution in [3.63, 3.8) is 0 Å². The minimum absolute atomic E-state index is 0. The van der Waals surface area contributed by atoms with Crippen molar-refractivity contribution < 1.29 is 4.74 Å². The molecule has 1 aliphatic heterocycles. The number of hydrogen-bond donors (Lipinski definition) is 2. The van der Waals surface area contributed by atoms with Crippen LogP contribution in [-0.4, -0.2) is 46.8 Å². The fourth-order valence-corrected chi connectivity index (χ4v) is 2.60. The van der Waals surface area contributed by atoms with Crippen LogP contribution in [0, 0.1) is 0 Å². The van der Waals surface area contributed by atoms with Gasteiger partial charge in [0, 0.05) is 50.9 Å². The maximum Gasteiger partial charge on any atom is 0.191 e. The zero-order chi connectivity index (χ0) is 15.9. The molecule has 1 atom stereocenters. The molecule has 0 amide bonds. The fourth-order valence-electron chi connectivity index (χ4n) is 2.60. The van der Waals surface area contributed by atoms with E-state index in [1.807, 2.05) is 22.9 Å². The first-order valence-electron chi connectivity index (χ1n) is 7.85. The number of ether oxygens (including phenoxy) is 1. The molecule has 1 saturated heterocycles. The fraction of sp³-hybridized carbons (Fsp3) is 0.438. The van der Waals surface area contributed by atoms with E-state index in [0.29, 0.717) is 6.54 Å². The quantitative estimate of drug-likeness (QED) is 0.419. The van der Waals surface area contributed by atoms with Gasteiger partial charge in [-0.1, -0.05) is 6.07 Å². The van der Waals surface area contributed by atoms with Crippen LogP contribution in [0.3, 0.4) is 0 Å². The van der Waals surface area contributed by atoms with Gasteiger partial charge in [-0.05, 0) is 18.9 Å². The molecular weight excluding hydrogens is 419 g/mol. The summed E-state index contributed by atoms with van der Waals surface area (Å²) in [6.07, 6.45) is 9.69. The molecule has 3 rings (SSSR count). The van der Waals surface area contributed by atoms with Crippen LogP contribution < -0.4 is 10.6 Å². The molecule has 7 nitrogen and oxygen atoms in total. The van der Waals surface area contributed by atoms with E-state index in [9.17, 15) is 0 Å². The molecule has 3 heterocycles. The van der Waals surface area contributed by atoms with E-state index in [1.54, 1.807) is 25.8 Å². The number of pyridine rings is 1. The van der Waals surface area contributed by atoms with Crippen molar-refractivity contribution in [3.05, 3.63) is 42.6 Å². The maximum absolute atomic E-state index is 5.61. The average Bonchev–Trinajstić information content (AvgIpc) is 3.29. The van der Waals surface area contributed by atoms with Crippen molar-refractivity contribution in [2.75, 3.05) is 20.2 Å². The first-order chi connectivity index (χ1) is 11.4. The molecule has 1 aliphatic rings. The third-order valence-corrected chi connectivity index (χ3v) is 3.81. The molecule has 8 heteroatoms. The number of aromatic nitrogens is 3. The highest BCUT2D eigenvalue weighted by Gasteiger charge is 2.15. The Morgan fingerprint density at radius 1 is 1.42 bits per heavy atom. The van der Waals surface area contributed by atoms with Crippen molar-refractivity contribution in [2.24, 2.45) is 4.99 Å². The van der Waals surface area contributed by atoms with E-state index in [4.69, 9.17) is 4.74 Å². The molecule has 130 valence electrons. The second-order valence-electron chi connectivity index (χ2n) is 5.40. The molecule has 0 bridgehead atoms. The predicted molar refractivity (Wildman–Crippen MR) is 104 cm³/mol.